The molecule has 0 aromatic heterocycles. The van der Waals surface area contributed by atoms with Crippen LogP contribution in [-0.4, -0.2) is 23.6 Å². The smallest absolute Gasteiger partial charge is 0.257 e. The fourth-order valence-electron chi connectivity index (χ4n) is 3.05. The topological polar surface area (TPSA) is 52.6 Å². The molecule has 19 heavy (non-hydrogen) atoms. The summed E-state index contributed by atoms with van der Waals surface area (Å²) in [5, 5.41) is 12.5. The second-order valence-electron chi connectivity index (χ2n) is 5.18. The number of rotatable bonds is 2. The van der Waals surface area contributed by atoms with Crippen molar-refractivity contribution in [2.75, 3.05) is 16.8 Å². The molecule has 2 N–H and O–H groups in total. The van der Waals surface area contributed by atoms with Gasteiger partial charge in [0.15, 0.2) is 6.10 Å². The number of aliphatic hydroxyl groups excluding tert-OH is 1. The van der Waals surface area contributed by atoms with Gasteiger partial charge in [-0.2, -0.15) is 0 Å². The molecule has 2 aliphatic rings. The van der Waals surface area contributed by atoms with Gasteiger partial charge >= 0.3 is 0 Å². The third-order valence-corrected chi connectivity index (χ3v) is 4.71. The number of amides is 1. The van der Waals surface area contributed by atoms with Crippen molar-refractivity contribution < 1.29 is 9.90 Å². The monoisotopic (exact) mass is 324 g/mol. The van der Waals surface area contributed by atoms with E-state index in [-0.39, 0.29) is 5.91 Å². The Morgan fingerprint density at radius 2 is 2.32 bits per heavy atom. The van der Waals surface area contributed by atoms with E-state index in [9.17, 15) is 9.90 Å². The lowest BCUT2D eigenvalue weighted by Gasteiger charge is -2.27. The van der Waals surface area contributed by atoms with E-state index in [0.29, 0.717) is 11.6 Å². The molecule has 1 fully saturated rings. The number of nitrogens with zero attached hydrogens (tertiary/aromatic N) is 1. The van der Waals surface area contributed by atoms with Gasteiger partial charge in [-0.3, -0.25) is 4.79 Å². The van der Waals surface area contributed by atoms with E-state index >= 15 is 0 Å². The molecule has 102 valence electrons. The van der Waals surface area contributed by atoms with Crippen molar-refractivity contribution in [3.8, 4) is 0 Å². The third-order valence-electron chi connectivity index (χ3n) is 4.08. The maximum atomic E-state index is 11.5. The summed E-state index contributed by atoms with van der Waals surface area (Å²) in [6, 6.07) is 4.40. The molecule has 5 heteroatoms. The summed E-state index contributed by atoms with van der Waals surface area (Å²) in [7, 11) is 0. The molecule has 0 radical (unpaired) electrons. The van der Waals surface area contributed by atoms with E-state index in [1.807, 2.05) is 12.1 Å². The van der Waals surface area contributed by atoms with Gasteiger partial charge in [0.2, 0.25) is 0 Å². The Kier molecular flexibility index (Phi) is 3.27. The number of benzene rings is 1. The van der Waals surface area contributed by atoms with Crippen LogP contribution in [0.25, 0.3) is 0 Å². The zero-order chi connectivity index (χ0) is 13.6. The first-order valence-electron chi connectivity index (χ1n) is 6.70. The van der Waals surface area contributed by atoms with Crippen LogP contribution in [-0.2, 0) is 4.79 Å². The molecule has 2 heterocycles. The van der Waals surface area contributed by atoms with E-state index in [1.54, 1.807) is 0 Å². The Balaban J connectivity index is 2.00. The van der Waals surface area contributed by atoms with E-state index in [0.717, 1.165) is 28.8 Å². The van der Waals surface area contributed by atoms with E-state index in [1.165, 1.54) is 12.8 Å². The van der Waals surface area contributed by atoms with Crippen molar-refractivity contribution in [2.45, 2.75) is 38.3 Å². The first-order valence-corrected chi connectivity index (χ1v) is 7.50. The number of fused-ring (bicyclic) bond motifs is 1. The average molecular weight is 325 g/mol. The van der Waals surface area contributed by atoms with Crippen LogP contribution in [0.15, 0.2) is 16.6 Å². The van der Waals surface area contributed by atoms with Crippen molar-refractivity contribution >= 4 is 33.2 Å². The lowest BCUT2D eigenvalue weighted by atomic mass is 10.1. The van der Waals surface area contributed by atoms with Gasteiger partial charge in [0.25, 0.3) is 5.91 Å². The van der Waals surface area contributed by atoms with Crippen molar-refractivity contribution in [1.82, 2.24) is 0 Å². The predicted octanol–water partition coefficient (Wildman–Crippen LogP) is 2.81. The summed E-state index contributed by atoms with van der Waals surface area (Å²) >= 11 is 3.57. The third kappa shape index (κ3) is 2.05. The van der Waals surface area contributed by atoms with Crippen molar-refractivity contribution in [2.24, 2.45) is 0 Å². The highest BCUT2D eigenvalue weighted by atomic mass is 79.9. The molecular weight excluding hydrogens is 308 g/mol. The summed E-state index contributed by atoms with van der Waals surface area (Å²) in [6.07, 6.45) is 2.51. The second kappa shape index (κ2) is 4.80. The van der Waals surface area contributed by atoms with Gasteiger partial charge in [0.1, 0.15) is 0 Å². The number of nitrogens with one attached hydrogen (secondary N) is 1. The minimum Gasteiger partial charge on any atom is -0.378 e. The zero-order valence-corrected chi connectivity index (χ0v) is 12.4. The van der Waals surface area contributed by atoms with E-state index in [2.05, 4.69) is 33.1 Å². The molecule has 2 atom stereocenters. The minimum atomic E-state index is -1.04. The first-order chi connectivity index (χ1) is 9.11. The number of hydrogen-bond donors (Lipinski definition) is 2. The molecule has 1 saturated heterocycles. The zero-order valence-electron chi connectivity index (χ0n) is 10.8. The molecule has 2 aliphatic heterocycles. The molecule has 1 aromatic rings. The largest absolute Gasteiger partial charge is 0.378 e. The summed E-state index contributed by atoms with van der Waals surface area (Å²) < 4.78 is 0.946. The maximum Gasteiger partial charge on any atom is 0.257 e. The Morgan fingerprint density at radius 3 is 3.05 bits per heavy atom. The van der Waals surface area contributed by atoms with Gasteiger partial charge < -0.3 is 15.3 Å². The Bertz CT molecular complexity index is 532. The number of anilines is 2. The molecule has 4 nitrogen and oxygen atoms in total. The van der Waals surface area contributed by atoms with Crippen LogP contribution in [0, 0.1) is 0 Å². The molecule has 0 bridgehead atoms. The van der Waals surface area contributed by atoms with Gasteiger partial charge in [-0.25, -0.2) is 0 Å². The molecule has 2 unspecified atom stereocenters. The normalized spacial score (nSPS) is 25.6. The van der Waals surface area contributed by atoms with E-state index < -0.39 is 6.10 Å². The van der Waals surface area contributed by atoms with Crippen molar-refractivity contribution in [1.29, 1.82) is 0 Å². The van der Waals surface area contributed by atoms with Gasteiger partial charge in [-0.05, 0) is 47.3 Å². The highest BCUT2D eigenvalue weighted by molar-refractivity contribution is 9.10. The van der Waals surface area contributed by atoms with Gasteiger partial charge in [-0.1, -0.05) is 6.92 Å². The van der Waals surface area contributed by atoms with Crippen LogP contribution in [0.1, 0.15) is 37.9 Å². The van der Waals surface area contributed by atoms with Crippen molar-refractivity contribution in [3.63, 3.8) is 0 Å². The Morgan fingerprint density at radius 1 is 1.53 bits per heavy atom. The predicted molar refractivity (Wildman–Crippen MR) is 78.4 cm³/mol. The lowest BCUT2D eigenvalue weighted by molar-refractivity contribution is -0.123. The van der Waals surface area contributed by atoms with Crippen LogP contribution in [0.3, 0.4) is 0 Å². The fraction of sp³-hybridized carbons (Fsp3) is 0.500. The Labute approximate surface area is 120 Å². The molecule has 0 aliphatic carbocycles. The fourth-order valence-corrected chi connectivity index (χ4v) is 3.64. The summed E-state index contributed by atoms with van der Waals surface area (Å²) in [6.45, 7) is 3.25. The minimum absolute atomic E-state index is 0.340. The average Bonchev–Trinajstić information content (AvgIpc) is 2.96. The van der Waals surface area contributed by atoms with Crippen LogP contribution in [0.2, 0.25) is 0 Å². The maximum absolute atomic E-state index is 11.5. The molecular formula is C14H17BrN2O2. The van der Waals surface area contributed by atoms with Gasteiger partial charge in [0, 0.05) is 28.3 Å². The summed E-state index contributed by atoms with van der Waals surface area (Å²) in [5.41, 5.74) is 2.50. The number of aliphatic hydroxyl groups is 1. The van der Waals surface area contributed by atoms with Crippen molar-refractivity contribution in [3.05, 3.63) is 22.2 Å². The van der Waals surface area contributed by atoms with Crippen LogP contribution < -0.4 is 10.2 Å². The van der Waals surface area contributed by atoms with Crippen LogP contribution in [0.4, 0.5) is 11.4 Å². The summed E-state index contributed by atoms with van der Waals surface area (Å²) in [5.74, 6) is -0.340. The number of carbonyl (C=O) groups is 1. The van der Waals surface area contributed by atoms with Crippen LogP contribution >= 0.6 is 15.9 Å². The lowest BCUT2D eigenvalue weighted by Crippen LogP contribution is -2.28. The van der Waals surface area contributed by atoms with E-state index in [4.69, 9.17) is 0 Å². The standard InChI is InChI=1S/C14H17BrN2O2/c1-2-8-4-3-5-17(8)12-7-11-9(6-10(12)15)13(18)14(19)16-11/h6-8,13,18H,2-5H2,1H3,(H,16,19). The van der Waals surface area contributed by atoms with Gasteiger partial charge in [-0.15, -0.1) is 0 Å². The van der Waals surface area contributed by atoms with Gasteiger partial charge in [0.05, 0.1) is 5.69 Å². The number of hydrogen-bond acceptors (Lipinski definition) is 3. The SMILES string of the molecule is CCC1CCCN1c1cc2c(cc1Br)C(O)C(=O)N2. The molecule has 1 aromatic carbocycles. The second-order valence-corrected chi connectivity index (χ2v) is 6.03. The summed E-state index contributed by atoms with van der Waals surface area (Å²) in [4.78, 5) is 13.9. The quantitative estimate of drug-likeness (QED) is 0.879. The number of halogens is 1. The number of carbonyl (C=O) groups excluding carboxylic acids is 1. The molecule has 3 rings (SSSR count). The highest BCUT2D eigenvalue weighted by Crippen LogP contribution is 2.41. The highest BCUT2D eigenvalue weighted by Gasteiger charge is 2.32. The molecule has 1 amide bonds. The molecule has 0 saturated carbocycles. The Hall–Kier alpha value is -1.07. The first kappa shape index (κ1) is 12.9. The molecule has 0 spiro atoms. The van der Waals surface area contributed by atoms with Crippen LogP contribution in [0.5, 0.6) is 0 Å².